The van der Waals surface area contributed by atoms with Crippen LogP contribution in [0.3, 0.4) is 0 Å². The zero-order valence-corrected chi connectivity index (χ0v) is 10.1. The van der Waals surface area contributed by atoms with E-state index in [1.54, 1.807) is 0 Å². The van der Waals surface area contributed by atoms with Crippen molar-refractivity contribution >= 4 is 0 Å². The molecule has 0 aliphatic carbocycles. The van der Waals surface area contributed by atoms with E-state index in [1.165, 1.54) is 25.1 Å². The van der Waals surface area contributed by atoms with Crippen molar-refractivity contribution in [2.75, 3.05) is 26.7 Å². The first-order valence-corrected chi connectivity index (χ1v) is 6.22. The number of H-pyrrole nitrogens is 1. The maximum Gasteiger partial charge on any atom is 0.106 e. The van der Waals surface area contributed by atoms with Crippen LogP contribution in [-0.2, 0) is 6.42 Å². The van der Waals surface area contributed by atoms with Gasteiger partial charge in [0.1, 0.15) is 5.82 Å². The molecule has 4 nitrogen and oxygen atoms in total. The lowest BCUT2D eigenvalue weighted by molar-refractivity contribution is 0.248. The van der Waals surface area contributed by atoms with Crippen LogP contribution >= 0.6 is 0 Å². The summed E-state index contributed by atoms with van der Waals surface area (Å²) >= 11 is 0. The van der Waals surface area contributed by atoms with Crippen LogP contribution in [0.2, 0.25) is 0 Å². The molecule has 0 aromatic carbocycles. The Balaban J connectivity index is 1.95. The van der Waals surface area contributed by atoms with Crippen LogP contribution in [0.25, 0.3) is 0 Å². The van der Waals surface area contributed by atoms with Crippen LogP contribution in [-0.4, -0.2) is 41.5 Å². The van der Waals surface area contributed by atoms with E-state index in [9.17, 15) is 0 Å². The maximum absolute atomic E-state index is 5.50. The minimum absolute atomic E-state index is 0.637. The topological polar surface area (TPSA) is 57.9 Å². The van der Waals surface area contributed by atoms with E-state index in [0.717, 1.165) is 31.8 Å². The number of nitrogens with one attached hydrogen (secondary N) is 1. The van der Waals surface area contributed by atoms with Gasteiger partial charge >= 0.3 is 0 Å². The molecule has 3 N–H and O–H groups in total. The van der Waals surface area contributed by atoms with Gasteiger partial charge in [-0.05, 0) is 39.4 Å². The molecule has 1 fully saturated rings. The van der Waals surface area contributed by atoms with E-state index >= 15 is 0 Å². The Hall–Kier alpha value is -0.870. The summed E-state index contributed by atoms with van der Waals surface area (Å²) in [5, 5.41) is 0. The number of imidazole rings is 1. The standard InChI is InChI=1S/C12H22N4/c1-16-7-3-4-10(9-16)11-8-14-12(15-11)5-2-6-13/h8,10H,2-7,9,13H2,1H3,(H,14,15). The fourth-order valence-corrected chi connectivity index (χ4v) is 2.40. The number of nitrogens with zero attached hydrogens (tertiary/aromatic N) is 2. The van der Waals surface area contributed by atoms with Crippen molar-refractivity contribution in [1.29, 1.82) is 0 Å². The Kier molecular flexibility index (Phi) is 3.96. The van der Waals surface area contributed by atoms with Gasteiger partial charge in [-0.3, -0.25) is 0 Å². The molecule has 2 heterocycles. The van der Waals surface area contributed by atoms with Crippen molar-refractivity contribution < 1.29 is 0 Å². The third kappa shape index (κ3) is 2.83. The van der Waals surface area contributed by atoms with Crippen LogP contribution in [0.4, 0.5) is 0 Å². The molecule has 0 spiro atoms. The number of rotatable bonds is 4. The molecule has 1 aliphatic rings. The Bertz CT molecular complexity index is 321. The lowest BCUT2D eigenvalue weighted by atomic mass is 9.96. The number of piperidine rings is 1. The van der Waals surface area contributed by atoms with Gasteiger partial charge in [0.25, 0.3) is 0 Å². The summed E-state index contributed by atoms with van der Waals surface area (Å²) in [7, 11) is 2.19. The molecule has 0 amide bonds. The Morgan fingerprint density at radius 1 is 1.62 bits per heavy atom. The maximum atomic E-state index is 5.50. The minimum atomic E-state index is 0.637. The number of aryl methyl sites for hydroxylation is 1. The lowest BCUT2D eigenvalue weighted by Crippen LogP contribution is -2.30. The summed E-state index contributed by atoms with van der Waals surface area (Å²) in [6.45, 7) is 3.12. The van der Waals surface area contributed by atoms with E-state index in [0.29, 0.717) is 5.92 Å². The highest BCUT2D eigenvalue weighted by atomic mass is 15.1. The molecule has 90 valence electrons. The fourth-order valence-electron chi connectivity index (χ4n) is 2.40. The molecule has 1 unspecified atom stereocenters. The average Bonchev–Trinajstić information content (AvgIpc) is 2.75. The second-order valence-corrected chi connectivity index (χ2v) is 4.78. The summed E-state index contributed by atoms with van der Waals surface area (Å²) in [4.78, 5) is 10.3. The van der Waals surface area contributed by atoms with Crippen molar-refractivity contribution in [3.05, 3.63) is 17.7 Å². The molecular weight excluding hydrogens is 200 g/mol. The smallest absolute Gasteiger partial charge is 0.106 e. The predicted molar refractivity (Wildman–Crippen MR) is 65.4 cm³/mol. The number of likely N-dealkylation sites (tertiary alicyclic amines) is 1. The molecule has 16 heavy (non-hydrogen) atoms. The van der Waals surface area contributed by atoms with Gasteiger partial charge in [0.05, 0.1) is 0 Å². The third-order valence-corrected chi connectivity index (χ3v) is 3.33. The molecule has 1 atom stereocenters. The number of aromatic nitrogens is 2. The van der Waals surface area contributed by atoms with E-state index < -0.39 is 0 Å². The SMILES string of the molecule is CN1CCCC(c2cnc(CCCN)[nH]2)C1. The molecule has 1 aromatic rings. The molecule has 1 aromatic heterocycles. The average molecular weight is 222 g/mol. The zero-order valence-electron chi connectivity index (χ0n) is 10.1. The number of nitrogens with two attached hydrogens (primary N) is 1. The van der Waals surface area contributed by atoms with Crippen molar-refractivity contribution in [2.24, 2.45) is 5.73 Å². The molecule has 2 rings (SSSR count). The molecule has 0 saturated carbocycles. The van der Waals surface area contributed by atoms with Crippen molar-refractivity contribution in [2.45, 2.75) is 31.6 Å². The van der Waals surface area contributed by atoms with Crippen LogP contribution in [0.5, 0.6) is 0 Å². The van der Waals surface area contributed by atoms with Crippen LogP contribution in [0.1, 0.15) is 36.7 Å². The van der Waals surface area contributed by atoms with Gasteiger partial charge in [-0.1, -0.05) is 0 Å². The lowest BCUT2D eigenvalue weighted by Gasteiger charge is -2.28. The first-order chi connectivity index (χ1) is 7.79. The summed E-state index contributed by atoms with van der Waals surface area (Å²) in [5.41, 5.74) is 6.80. The largest absolute Gasteiger partial charge is 0.346 e. The van der Waals surface area contributed by atoms with Crippen LogP contribution < -0.4 is 5.73 Å². The monoisotopic (exact) mass is 222 g/mol. The minimum Gasteiger partial charge on any atom is -0.346 e. The second kappa shape index (κ2) is 5.46. The Morgan fingerprint density at radius 2 is 2.50 bits per heavy atom. The molecule has 1 aliphatic heterocycles. The van der Waals surface area contributed by atoms with Gasteiger partial charge < -0.3 is 15.6 Å². The van der Waals surface area contributed by atoms with Gasteiger partial charge in [0.2, 0.25) is 0 Å². The van der Waals surface area contributed by atoms with Crippen molar-refractivity contribution in [1.82, 2.24) is 14.9 Å². The first-order valence-electron chi connectivity index (χ1n) is 6.22. The zero-order chi connectivity index (χ0) is 11.4. The van der Waals surface area contributed by atoms with Gasteiger partial charge in [-0.25, -0.2) is 4.98 Å². The first kappa shape index (κ1) is 11.6. The number of aromatic amines is 1. The van der Waals surface area contributed by atoms with E-state index in [-0.39, 0.29) is 0 Å². The number of hydrogen-bond acceptors (Lipinski definition) is 3. The highest BCUT2D eigenvalue weighted by molar-refractivity contribution is 5.09. The second-order valence-electron chi connectivity index (χ2n) is 4.78. The summed E-state index contributed by atoms with van der Waals surface area (Å²) < 4.78 is 0. The van der Waals surface area contributed by atoms with Gasteiger partial charge in [0, 0.05) is 30.8 Å². The van der Waals surface area contributed by atoms with Crippen molar-refractivity contribution in [3.8, 4) is 0 Å². The normalized spacial score (nSPS) is 22.5. The third-order valence-electron chi connectivity index (χ3n) is 3.33. The number of likely N-dealkylation sites (N-methyl/N-ethyl adjacent to an activating group) is 1. The predicted octanol–water partition coefficient (Wildman–Crippen LogP) is 1.11. The van der Waals surface area contributed by atoms with Crippen molar-refractivity contribution in [3.63, 3.8) is 0 Å². The summed E-state index contributed by atoms with van der Waals surface area (Å²) in [6, 6.07) is 0. The van der Waals surface area contributed by atoms with E-state index in [2.05, 4.69) is 21.9 Å². The highest BCUT2D eigenvalue weighted by Gasteiger charge is 2.20. The van der Waals surface area contributed by atoms with E-state index in [1.807, 2.05) is 6.20 Å². The van der Waals surface area contributed by atoms with E-state index in [4.69, 9.17) is 5.73 Å². The van der Waals surface area contributed by atoms with Gasteiger partial charge in [-0.15, -0.1) is 0 Å². The fraction of sp³-hybridized carbons (Fsp3) is 0.750. The molecule has 1 saturated heterocycles. The quantitative estimate of drug-likeness (QED) is 0.802. The van der Waals surface area contributed by atoms with Crippen LogP contribution in [0.15, 0.2) is 6.20 Å². The summed E-state index contributed by atoms with van der Waals surface area (Å²) in [5.74, 6) is 1.73. The Morgan fingerprint density at radius 3 is 3.25 bits per heavy atom. The van der Waals surface area contributed by atoms with Crippen LogP contribution in [0, 0.1) is 0 Å². The molecule has 4 heteroatoms. The van der Waals surface area contributed by atoms with Gasteiger partial charge in [-0.2, -0.15) is 0 Å². The molecule has 0 bridgehead atoms. The number of hydrogen-bond donors (Lipinski definition) is 2. The molecular formula is C12H22N4. The van der Waals surface area contributed by atoms with Gasteiger partial charge in [0.15, 0.2) is 0 Å². The molecule has 0 radical (unpaired) electrons. The summed E-state index contributed by atoms with van der Waals surface area (Å²) in [6.07, 6.45) is 6.56. The Labute approximate surface area is 97.2 Å². The highest BCUT2D eigenvalue weighted by Crippen LogP contribution is 2.24.